The minimum atomic E-state index is -0.318. The van der Waals surface area contributed by atoms with E-state index in [9.17, 15) is 4.39 Å². The third kappa shape index (κ3) is 2.09. The highest BCUT2D eigenvalue weighted by Crippen LogP contribution is 2.30. The van der Waals surface area contributed by atoms with Crippen LogP contribution in [0, 0.1) is 5.82 Å². The molecule has 1 rings (SSSR count). The van der Waals surface area contributed by atoms with Crippen LogP contribution in [-0.4, -0.2) is 12.5 Å². The molecule has 0 aliphatic rings. The van der Waals surface area contributed by atoms with Gasteiger partial charge < -0.3 is 0 Å². The van der Waals surface area contributed by atoms with Gasteiger partial charge in [-0.15, -0.1) is 23.5 Å². The van der Waals surface area contributed by atoms with Crippen molar-refractivity contribution in [3.63, 3.8) is 0 Å². The molecule has 66 valence electrons. The molecule has 1 aromatic carbocycles. The van der Waals surface area contributed by atoms with E-state index >= 15 is 0 Å². The normalized spacial score (nSPS) is 10.3. The van der Waals surface area contributed by atoms with Crippen molar-refractivity contribution in [3.8, 4) is 0 Å². The van der Waals surface area contributed by atoms with Crippen molar-refractivity contribution in [1.29, 1.82) is 0 Å². The summed E-state index contributed by atoms with van der Waals surface area (Å²) >= 11 is 8.60. The van der Waals surface area contributed by atoms with E-state index < -0.39 is 0 Å². The molecular weight excluding hydrogens is 215 g/mol. The molecule has 0 nitrogen and oxygen atoms in total. The Kier molecular flexibility index (Phi) is 3.75. The zero-order valence-electron chi connectivity index (χ0n) is 6.73. The van der Waals surface area contributed by atoms with Crippen molar-refractivity contribution in [2.45, 2.75) is 9.79 Å². The molecular formula is C8H8ClFS2. The Morgan fingerprint density at radius 1 is 1.25 bits per heavy atom. The predicted octanol–water partition coefficient (Wildman–Crippen LogP) is 3.92. The van der Waals surface area contributed by atoms with E-state index in [0.717, 1.165) is 4.90 Å². The Balaban J connectivity index is 3.19. The van der Waals surface area contributed by atoms with Gasteiger partial charge in [-0.2, -0.15) is 0 Å². The molecule has 0 saturated heterocycles. The van der Waals surface area contributed by atoms with Gasteiger partial charge in [-0.1, -0.05) is 11.6 Å². The molecule has 0 aliphatic carbocycles. The number of benzene rings is 1. The van der Waals surface area contributed by atoms with Crippen molar-refractivity contribution in [2.24, 2.45) is 0 Å². The van der Waals surface area contributed by atoms with Crippen molar-refractivity contribution in [1.82, 2.24) is 0 Å². The second kappa shape index (κ2) is 4.40. The van der Waals surface area contributed by atoms with Gasteiger partial charge >= 0.3 is 0 Å². The Bertz CT molecular complexity index is 289. The molecule has 0 unspecified atom stereocenters. The standard InChI is InChI=1S/C8H8ClFS2/c1-11-5-3-6(9)8(10)7(4-5)12-2/h3-4H,1-2H3. The van der Waals surface area contributed by atoms with Gasteiger partial charge in [0.15, 0.2) is 5.82 Å². The molecule has 0 spiro atoms. The van der Waals surface area contributed by atoms with E-state index in [0.29, 0.717) is 4.90 Å². The first-order valence-corrected chi connectivity index (χ1v) is 6.08. The monoisotopic (exact) mass is 222 g/mol. The van der Waals surface area contributed by atoms with Crippen LogP contribution in [0.4, 0.5) is 4.39 Å². The Morgan fingerprint density at radius 3 is 2.42 bits per heavy atom. The number of hydrogen-bond acceptors (Lipinski definition) is 2. The quantitative estimate of drug-likeness (QED) is 0.696. The molecule has 0 fully saturated rings. The first-order valence-electron chi connectivity index (χ1n) is 3.26. The van der Waals surface area contributed by atoms with Crippen LogP contribution in [0.1, 0.15) is 0 Å². The number of rotatable bonds is 2. The van der Waals surface area contributed by atoms with Gasteiger partial charge in [-0.05, 0) is 24.6 Å². The van der Waals surface area contributed by atoms with Gasteiger partial charge in [0.05, 0.1) is 5.02 Å². The smallest absolute Gasteiger partial charge is 0.155 e. The van der Waals surface area contributed by atoms with Gasteiger partial charge in [0.25, 0.3) is 0 Å². The van der Waals surface area contributed by atoms with Gasteiger partial charge in [-0.3, -0.25) is 0 Å². The average Bonchev–Trinajstić information content (AvgIpc) is 2.09. The Hall–Kier alpha value is 0.140. The van der Waals surface area contributed by atoms with Gasteiger partial charge in [-0.25, -0.2) is 4.39 Å². The molecule has 0 aliphatic heterocycles. The lowest BCUT2D eigenvalue weighted by Crippen LogP contribution is -1.83. The fourth-order valence-electron chi connectivity index (χ4n) is 0.807. The predicted molar refractivity (Wildman–Crippen MR) is 55.0 cm³/mol. The van der Waals surface area contributed by atoms with Crippen LogP contribution in [0.5, 0.6) is 0 Å². The van der Waals surface area contributed by atoms with Crippen LogP contribution in [-0.2, 0) is 0 Å². The summed E-state index contributed by atoms with van der Waals surface area (Å²) < 4.78 is 13.2. The van der Waals surface area contributed by atoms with E-state index in [2.05, 4.69) is 0 Å². The summed E-state index contributed by atoms with van der Waals surface area (Å²) in [6.45, 7) is 0. The molecule has 0 bridgehead atoms. The van der Waals surface area contributed by atoms with E-state index in [1.54, 1.807) is 23.9 Å². The second-order valence-electron chi connectivity index (χ2n) is 2.13. The molecule has 0 atom stereocenters. The first-order chi connectivity index (χ1) is 5.69. The minimum absolute atomic E-state index is 0.200. The van der Waals surface area contributed by atoms with Crippen LogP contribution in [0.25, 0.3) is 0 Å². The van der Waals surface area contributed by atoms with Crippen molar-refractivity contribution >= 4 is 35.1 Å². The lowest BCUT2D eigenvalue weighted by molar-refractivity contribution is 0.601. The molecule has 1 aromatic rings. The van der Waals surface area contributed by atoms with Crippen LogP contribution in [0.15, 0.2) is 21.9 Å². The van der Waals surface area contributed by atoms with Crippen LogP contribution < -0.4 is 0 Å². The zero-order chi connectivity index (χ0) is 9.14. The highest BCUT2D eigenvalue weighted by Gasteiger charge is 2.07. The minimum Gasteiger partial charge on any atom is -0.204 e. The molecule has 0 heterocycles. The van der Waals surface area contributed by atoms with Gasteiger partial charge in [0.1, 0.15) is 0 Å². The third-order valence-corrected chi connectivity index (χ3v) is 3.14. The lowest BCUT2D eigenvalue weighted by Gasteiger charge is -2.03. The molecule has 0 saturated carbocycles. The summed E-state index contributed by atoms with van der Waals surface area (Å²) in [7, 11) is 0. The molecule has 4 heteroatoms. The van der Waals surface area contributed by atoms with Crippen LogP contribution >= 0.6 is 35.1 Å². The summed E-state index contributed by atoms with van der Waals surface area (Å²) in [5.74, 6) is -0.318. The van der Waals surface area contributed by atoms with Crippen molar-refractivity contribution in [3.05, 3.63) is 23.0 Å². The lowest BCUT2D eigenvalue weighted by atomic mass is 10.3. The topological polar surface area (TPSA) is 0 Å². The summed E-state index contributed by atoms with van der Waals surface area (Å²) in [5, 5.41) is 0.200. The zero-order valence-corrected chi connectivity index (χ0v) is 9.12. The second-order valence-corrected chi connectivity index (χ2v) is 4.26. The molecule has 0 radical (unpaired) electrons. The van der Waals surface area contributed by atoms with E-state index in [-0.39, 0.29) is 10.8 Å². The number of hydrogen-bond donors (Lipinski definition) is 0. The maximum atomic E-state index is 13.2. The fraction of sp³-hybridized carbons (Fsp3) is 0.250. The highest BCUT2D eigenvalue weighted by atomic mass is 35.5. The first kappa shape index (κ1) is 10.2. The summed E-state index contributed by atoms with van der Waals surface area (Å²) in [6, 6.07) is 3.44. The molecule has 12 heavy (non-hydrogen) atoms. The van der Waals surface area contributed by atoms with E-state index in [4.69, 9.17) is 11.6 Å². The average molecular weight is 223 g/mol. The molecule has 0 aromatic heterocycles. The van der Waals surface area contributed by atoms with E-state index in [1.165, 1.54) is 11.8 Å². The van der Waals surface area contributed by atoms with Crippen molar-refractivity contribution in [2.75, 3.05) is 12.5 Å². The summed E-state index contributed by atoms with van der Waals surface area (Å²) in [4.78, 5) is 1.60. The van der Waals surface area contributed by atoms with Crippen LogP contribution in [0.2, 0.25) is 5.02 Å². The molecule has 0 amide bonds. The fourth-order valence-corrected chi connectivity index (χ4v) is 2.23. The van der Waals surface area contributed by atoms with Gasteiger partial charge in [0.2, 0.25) is 0 Å². The summed E-state index contributed by atoms with van der Waals surface area (Å²) in [6.07, 6.45) is 3.77. The number of thioether (sulfide) groups is 2. The highest BCUT2D eigenvalue weighted by molar-refractivity contribution is 7.99. The maximum Gasteiger partial charge on any atom is 0.155 e. The Labute approximate surface area is 84.9 Å². The third-order valence-electron chi connectivity index (χ3n) is 1.42. The largest absolute Gasteiger partial charge is 0.204 e. The number of halogens is 2. The Morgan fingerprint density at radius 2 is 1.92 bits per heavy atom. The SMILES string of the molecule is CSc1cc(Cl)c(F)c(SC)c1. The van der Waals surface area contributed by atoms with Gasteiger partial charge in [0, 0.05) is 9.79 Å². The van der Waals surface area contributed by atoms with E-state index in [1.807, 2.05) is 12.5 Å². The maximum absolute atomic E-state index is 13.2. The molecule has 0 N–H and O–H groups in total. The summed E-state index contributed by atoms with van der Waals surface area (Å²) in [5.41, 5.74) is 0. The van der Waals surface area contributed by atoms with Crippen molar-refractivity contribution < 1.29 is 4.39 Å². The van der Waals surface area contributed by atoms with Crippen LogP contribution in [0.3, 0.4) is 0 Å².